The second-order valence-corrected chi connectivity index (χ2v) is 12.8. The Bertz CT molecular complexity index is 1160. The number of benzene rings is 2. The van der Waals surface area contributed by atoms with Crippen molar-refractivity contribution in [3.05, 3.63) is 53.1 Å². The van der Waals surface area contributed by atoms with E-state index >= 15 is 0 Å². The van der Waals surface area contributed by atoms with Gasteiger partial charge in [0.15, 0.2) is 0 Å². The van der Waals surface area contributed by atoms with Gasteiger partial charge in [0, 0.05) is 10.7 Å². The molecule has 0 atom stereocenters. The molecule has 4 aliphatic carbocycles. The number of methoxy groups -OCH3 is 1. The number of sulfonamides is 1. The van der Waals surface area contributed by atoms with Gasteiger partial charge in [-0.1, -0.05) is 23.7 Å². The molecule has 4 bridgehead atoms. The number of amides is 1. The van der Waals surface area contributed by atoms with Gasteiger partial charge in [0.2, 0.25) is 15.9 Å². The van der Waals surface area contributed by atoms with Crippen molar-refractivity contribution in [3.8, 4) is 5.75 Å². The molecule has 4 aliphatic rings. The van der Waals surface area contributed by atoms with Crippen molar-refractivity contribution in [2.45, 2.75) is 43.9 Å². The lowest BCUT2D eigenvalue weighted by Gasteiger charge is -2.57. The molecule has 182 valence electrons. The van der Waals surface area contributed by atoms with Crippen LogP contribution < -0.4 is 14.4 Å². The Kier molecular flexibility index (Phi) is 6.05. The van der Waals surface area contributed by atoms with Crippen LogP contribution in [0.4, 0.5) is 11.4 Å². The summed E-state index contributed by atoms with van der Waals surface area (Å²) in [6.07, 6.45) is 9.13. The average Bonchev–Trinajstić information content (AvgIpc) is 2.76. The second kappa shape index (κ2) is 8.76. The zero-order chi connectivity index (χ0) is 24.1. The minimum absolute atomic E-state index is 0.227. The molecule has 0 aromatic heterocycles. The van der Waals surface area contributed by atoms with Crippen molar-refractivity contribution in [3.63, 3.8) is 0 Å². The van der Waals surface area contributed by atoms with E-state index in [4.69, 9.17) is 16.3 Å². The number of rotatable bonds is 7. The van der Waals surface area contributed by atoms with Crippen molar-refractivity contribution in [2.24, 2.45) is 17.8 Å². The topological polar surface area (TPSA) is 75.7 Å². The van der Waals surface area contributed by atoms with Crippen molar-refractivity contribution < 1.29 is 17.9 Å². The van der Waals surface area contributed by atoms with Crippen molar-refractivity contribution in [2.75, 3.05) is 29.5 Å². The summed E-state index contributed by atoms with van der Waals surface area (Å²) >= 11 is 6.08. The number of halogens is 1. The van der Waals surface area contributed by atoms with Gasteiger partial charge in [0.25, 0.3) is 0 Å². The number of carbonyl (C=O) groups excluding carboxylic acids is 1. The van der Waals surface area contributed by atoms with E-state index in [1.807, 2.05) is 12.1 Å². The Morgan fingerprint density at radius 3 is 2.18 bits per heavy atom. The minimum atomic E-state index is -3.75. The van der Waals surface area contributed by atoms with E-state index in [2.05, 4.69) is 17.4 Å². The SMILES string of the molecule is COc1ccc(Cl)cc1N(CC(=O)Nc1ccc(C23CC4CC(CC(C4)C2)C3)cc1)S(C)(=O)=O. The molecule has 0 unspecified atom stereocenters. The molecular weight excluding hydrogens is 472 g/mol. The van der Waals surface area contributed by atoms with Crippen molar-refractivity contribution in [1.82, 2.24) is 0 Å². The van der Waals surface area contributed by atoms with Gasteiger partial charge >= 0.3 is 0 Å². The Balaban J connectivity index is 1.31. The maximum Gasteiger partial charge on any atom is 0.245 e. The molecule has 0 aliphatic heterocycles. The predicted molar refractivity (Wildman–Crippen MR) is 135 cm³/mol. The first-order valence-electron chi connectivity index (χ1n) is 11.9. The number of nitrogens with one attached hydrogen (secondary N) is 1. The molecular formula is C26H31ClN2O4S. The molecule has 1 N–H and O–H groups in total. The molecule has 4 saturated carbocycles. The molecule has 0 saturated heterocycles. The lowest BCUT2D eigenvalue weighted by atomic mass is 9.48. The first-order valence-corrected chi connectivity index (χ1v) is 14.1. The zero-order valence-electron chi connectivity index (χ0n) is 19.6. The Labute approximate surface area is 206 Å². The average molecular weight is 503 g/mol. The smallest absolute Gasteiger partial charge is 0.245 e. The molecule has 2 aromatic rings. The first kappa shape index (κ1) is 23.5. The quantitative estimate of drug-likeness (QED) is 0.563. The summed E-state index contributed by atoms with van der Waals surface area (Å²) < 4.78 is 31.3. The first-order chi connectivity index (χ1) is 16.1. The van der Waals surface area contributed by atoms with Gasteiger partial charge in [-0.3, -0.25) is 9.10 Å². The van der Waals surface area contributed by atoms with Crippen LogP contribution in [0.1, 0.15) is 44.1 Å². The number of anilines is 2. The van der Waals surface area contributed by atoms with E-state index in [1.54, 1.807) is 12.1 Å². The molecule has 4 fully saturated rings. The monoisotopic (exact) mass is 502 g/mol. The van der Waals surface area contributed by atoms with E-state index in [-0.39, 0.29) is 12.2 Å². The predicted octanol–water partition coefficient (Wildman–Crippen LogP) is 5.22. The zero-order valence-corrected chi connectivity index (χ0v) is 21.2. The molecule has 0 spiro atoms. The third-order valence-electron chi connectivity index (χ3n) is 7.92. The van der Waals surface area contributed by atoms with E-state index in [0.717, 1.165) is 28.3 Å². The maximum absolute atomic E-state index is 12.8. The molecule has 34 heavy (non-hydrogen) atoms. The molecule has 1 amide bonds. The Morgan fingerprint density at radius 1 is 1.06 bits per heavy atom. The summed E-state index contributed by atoms with van der Waals surface area (Å²) in [7, 11) is -2.31. The molecule has 2 aromatic carbocycles. The molecule has 6 nitrogen and oxygen atoms in total. The lowest BCUT2D eigenvalue weighted by molar-refractivity contribution is -0.114. The summed E-state index contributed by atoms with van der Waals surface area (Å²) in [4.78, 5) is 12.8. The molecule has 6 rings (SSSR count). The van der Waals surface area contributed by atoms with E-state index in [1.165, 1.54) is 57.3 Å². The van der Waals surface area contributed by atoms with Crippen LogP contribution >= 0.6 is 11.6 Å². The normalized spacial score (nSPS) is 27.4. The summed E-state index contributed by atoms with van der Waals surface area (Å²) in [5.41, 5.74) is 2.56. The van der Waals surface area contributed by atoms with E-state index in [9.17, 15) is 13.2 Å². The number of nitrogens with zero attached hydrogens (tertiary/aromatic N) is 1. The number of carbonyl (C=O) groups is 1. The van der Waals surface area contributed by atoms with Crippen LogP contribution in [-0.4, -0.2) is 34.2 Å². The van der Waals surface area contributed by atoms with Crippen LogP contribution in [0.15, 0.2) is 42.5 Å². The summed E-state index contributed by atoms with van der Waals surface area (Å²) in [5.74, 6) is 2.50. The number of ether oxygens (including phenoxy) is 1. The van der Waals surface area contributed by atoms with Crippen LogP contribution in [0.25, 0.3) is 0 Å². The molecule has 0 radical (unpaired) electrons. The van der Waals surface area contributed by atoms with Crippen molar-refractivity contribution >= 4 is 38.9 Å². The number of hydrogen-bond acceptors (Lipinski definition) is 4. The van der Waals surface area contributed by atoms with Gasteiger partial charge < -0.3 is 10.1 Å². The van der Waals surface area contributed by atoms with Crippen LogP contribution in [0.5, 0.6) is 5.75 Å². The van der Waals surface area contributed by atoms with Gasteiger partial charge in [-0.2, -0.15) is 0 Å². The summed E-state index contributed by atoms with van der Waals surface area (Å²) in [6.45, 7) is -0.383. The fourth-order valence-corrected chi connectivity index (χ4v) is 7.96. The van der Waals surface area contributed by atoms with Gasteiger partial charge in [-0.15, -0.1) is 0 Å². The Hall–Kier alpha value is -2.25. The Morgan fingerprint density at radius 2 is 1.65 bits per heavy atom. The van der Waals surface area contributed by atoms with Crippen LogP contribution in [0, 0.1) is 17.8 Å². The van der Waals surface area contributed by atoms with E-state index < -0.39 is 15.9 Å². The highest BCUT2D eigenvalue weighted by atomic mass is 35.5. The van der Waals surface area contributed by atoms with Crippen molar-refractivity contribution in [1.29, 1.82) is 0 Å². The van der Waals surface area contributed by atoms with Crippen LogP contribution in [0.3, 0.4) is 0 Å². The third kappa shape index (κ3) is 4.52. The van der Waals surface area contributed by atoms with Gasteiger partial charge in [0.1, 0.15) is 12.3 Å². The fourth-order valence-electron chi connectivity index (χ4n) is 6.94. The maximum atomic E-state index is 12.8. The summed E-state index contributed by atoms with van der Waals surface area (Å²) in [5, 5.41) is 3.20. The fraction of sp³-hybridized carbons (Fsp3) is 0.500. The highest BCUT2D eigenvalue weighted by molar-refractivity contribution is 7.92. The number of hydrogen-bond donors (Lipinski definition) is 1. The van der Waals surface area contributed by atoms with Gasteiger partial charge in [-0.25, -0.2) is 8.42 Å². The second-order valence-electron chi connectivity index (χ2n) is 10.4. The highest BCUT2D eigenvalue weighted by Crippen LogP contribution is 2.60. The largest absolute Gasteiger partial charge is 0.495 e. The standard InChI is InChI=1S/C26H31ClN2O4S/c1-33-24-8-5-21(27)12-23(24)29(34(2,31)32)16-25(30)28-22-6-3-20(4-7-22)26-13-17-9-18(14-26)11-19(10-17)15-26/h3-8,12,17-19H,9-11,13-16H2,1-2H3,(H,28,30). The van der Waals surface area contributed by atoms with Crippen LogP contribution in [-0.2, 0) is 20.2 Å². The highest BCUT2D eigenvalue weighted by Gasteiger charge is 2.51. The molecule has 0 heterocycles. The van der Waals surface area contributed by atoms with Crippen LogP contribution in [0.2, 0.25) is 5.02 Å². The minimum Gasteiger partial charge on any atom is -0.495 e. The summed E-state index contributed by atoms with van der Waals surface area (Å²) in [6, 6.07) is 12.9. The van der Waals surface area contributed by atoms with Gasteiger partial charge in [0.05, 0.1) is 19.1 Å². The lowest BCUT2D eigenvalue weighted by Crippen LogP contribution is -2.48. The van der Waals surface area contributed by atoms with E-state index in [0.29, 0.717) is 21.9 Å². The third-order valence-corrected chi connectivity index (χ3v) is 9.28. The molecule has 8 heteroatoms. The van der Waals surface area contributed by atoms with Gasteiger partial charge in [-0.05, 0) is 97.6 Å².